The predicted molar refractivity (Wildman–Crippen MR) is 104 cm³/mol. The fourth-order valence-electron chi connectivity index (χ4n) is 2.94. The molecule has 0 aliphatic heterocycles. The van der Waals surface area contributed by atoms with E-state index in [1.54, 1.807) is 18.4 Å². The molecule has 5 heteroatoms. The summed E-state index contributed by atoms with van der Waals surface area (Å²) in [5.41, 5.74) is 6.17. The highest BCUT2D eigenvalue weighted by Crippen LogP contribution is 2.26. The molecular formula is C21H22N2O3. The van der Waals surface area contributed by atoms with Crippen molar-refractivity contribution in [1.29, 1.82) is 0 Å². The van der Waals surface area contributed by atoms with Crippen LogP contribution in [-0.4, -0.2) is 11.8 Å². The summed E-state index contributed by atoms with van der Waals surface area (Å²) in [5.74, 6) is -0.277. The van der Waals surface area contributed by atoms with Gasteiger partial charge in [-0.3, -0.25) is 9.59 Å². The lowest BCUT2D eigenvalue weighted by molar-refractivity contribution is -0.115. The number of hydrogen-bond donors (Lipinski definition) is 2. The van der Waals surface area contributed by atoms with E-state index in [9.17, 15) is 9.59 Å². The first kappa shape index (κ1) is 17.7. The maximum atomic E-state index is 12.5. The molecule has 0 radical (unpaired) electrons. The lowest BCUT2D eigenvalue weighted by Crippen LogP contribution is -2.16. The first-order valence-corrected chi connectivity index (χ1v) is 8.49. The van der Waals surface area contributed by atoms with Gasteiger partial charge in [0.05, 0.1) is 12.7 Å². The molecular weight excluding hydrogens is 328 g/mol. The van der Waals surface area contributed by atoms with E-state index in [2.05, 4.69) is 16.7 Å². The van der Waals surface area contributed by atoms with Gasteiger partial charge in [0.1, 0.15) is 5.58 Å². The summed E-state index contributed by atoms with van der Waals surface area (Å²) in [6, 6.07) is 9.47. The van der Waals surface area contributed by atoms with Crippen molar-refractivity contribution in [1.82, 2.24) is 0 Å². The Kier molecular flexibility index (Phi) is 4.80. The van der Waals surface area contributed by atoms with Crippen LogP contribution >= 0.6 is 0 Å². The van der Waals surface area contributed by atoms with Gasteiger partial charge in [-0.25, -0.2) is 0 Å². The highest BCUT2D eigenvalue weighted by Gasteiger charge is 2.13. The first-order chi connectivity index (χ1) is 12.3. The molecule has 2 N–H and O–H groups in total. The van der Waals surface area contributed by atoms with E-state index in [0.717, 1.165) is 27.7 Å². The number of carbonyl (C=O) groups is 2. The highest BCUT2D eigenvalue weighted by molar-refractivity contribution is 5.97. The number of anilines is 2. The quantitative estimate of drug-likeness (QED) is 0.728. The van der Waals surface area contributed by atoms with Crippen molar-refractivity contribution in [2.75, 3.05) is 10.6 Å². The molecule has 1 heterocycles. The Morgan fingerprint density at radius 1 is 1.00 bits per heavy atom. The van der Waals surface area contributed by atoms with Crippen molar-refractivity contribution in [2.45, 2.75) is 34.1 Å². The Morgan fingerprint density at radius 2 is 1.65 bits per heavy atom. The van der Waals surface area contributed by atoms with Gasteiger partial charge in [0.15, 0.2) is 0 Å². The lowest BCUT2D eigenvalue weighted by Gasteiger charge is -2.12. The molecule has 0 aliphatic rings. The van der Waals surface area contributed by atoms with Gasteiger partial charge in [-0.05, 0) is 61.7 Å². The minimum atomic E-state index is -0.146. The highest BCUT2D eigenvalue weighted by atomic mass is 16.3. The maximum absolute atomic E-state index is 12.5. The normalized spacial score (nSPS) is 10.8. The third kappa shape index (κ3) is 3.61. The van der Waals surface area contributed by atoms with E-state index < -0.39 is 0 Å². The molecule has 5 nitrogen and oxygen atoms in total. The molecule has 0 spiro atoms. The van der Waals surface area contributed by atoms with Crippen molar-refractivity contribution >= 4 is 34.2 Å². The van der Waals surface area contributed by atoms with Gasteiger partial charge in [0.25, 0.3) is 0 Å². The predicted octanol–water partition coefficient (Wildman–Crippen LogP) is 4.50. The number of fused-ring (bicyclic) bond motifs is 1. The average Bonchev–Trinajstić information content (AvgIpc) is 2.93. The molecule has 0 atom stereocenters. The van der Waals surface area contributed by atoms with E-state index in [-0.39, 0.29) is 18.2 Å². The van der Waals surface area contributed by atoms with Crippen LogP contribution in [0, 0.1) is 20.8 Å². The number of amides is 2. The second-order valence-electron chi connectivity index (χ2n) is 6.58. The maximum Gasteiger partial charge on any atom is 0.228 e. The molecule has 134 valence electrons. The van der Waals surface area contributed by atoms with Crippen LogP contribution in [0.4, 0.5) is 11.4 Å². The Hall–Kier alpha value is -3.08. The number of rotatable bonds is 4. The molecule has 2 aromatic carbocycles. The van der Waals surface area contributed by atoms with Crippen molar-refractivity contribution < 1.29 is 14.0 Å². The van der Waals surface area contributed by atoms with Gasteiger partial charge in [-0.15, -0.1) is 0 Å². The van der Waals surface area contributed by atoms with Crippen molar-refractivity contribution in [3.63, 3.8) is 0 Å². The van der Waals surface area contributed by atoms with Crippen LogP contribution in [0.25, 0.3) is 11.0 Å². The van der Waals surface area contributed by atoms with E-state index in [0.29, 0.717) is 11.4 Å². The van der Waals surface area contributed by atoms with E-state index in [4.69, 9.17) is 4.42 Å². The smallest absolute Gasteiger partial charge is 0.228 e. The topological polar surface area (TPSA) is 71.3 Å². The van der Waals surface area contributed by atoms with Crippen LogP contribution < -0.4 is 10.6 Å². The summed E-state index contributed by atoms with van der Waals surface area (Å²) in [4.78, 5) is 23.8. The number of hydrogen-bond acceptors (Lipinski definition) is 3. The van der Waals surface area contributed by atoms with Crippen LogP contribution in [0.2, 0.25) is 0 Å². The summed E-state index contributed by atoms with van der Waals surface area (Å²) >= 11 is 0. The van der Waals surface area contributed by atoms with Crippen molar-refractivity contribution in [3.8, 4) is 0 Å². The number of carbonyl (C=O) groups excluding carboxylic acids is 2. The van der Waals surface area contributed by atoms with Crippen LogP contribution in [-0.2, 0) is 16.0 Å². The molecule has 0 unspecified atom stereocenters. The summed E-state index contributed by atoms with van der Waals surface area (Å²) in [5, 5.41) is 6.65. The molecule has 2 amide bonds. The third-order valence-corrected chi connectivity index (χ3v) is 4.54. The minimum absolute atomic E-state index is 0.131. The molecule has 3 rings (SSSR count). The zero-order valence-electron chi connectivity index (χ0n) is 15.4. The third-order valence-electron chi connectivity index (χ3n) is 4.54. The lowest BCUT2D eigenvalue weighted by atomic mass is 10.0. The van der Waals surface area contributed by atoms with E-state index in [1.807, 2.05) is 32.9 Å². The van der Waals surface area contributed by atoms with Crippen LogP contribution in [0.1, 0.15) is 29.2 Å². The minimum Gasteiger partial charge on any atom is -0.464 e. The number of furan rings is 1. The summed E-state index contributed by atoms with van der Waals surface area (Å²) in [7, 11) is 0. The fourth-order valence-corrected chi connectivity index (χ4v) is 2.94. The van der Waals surface area contributed by atoms with E-state index in [1.165, 1.54) is 12.5 Å². The van der Waals surface area contributed by atoms with Crippen molar-refractivity contribution in [2.24, 2.45) is 0 Å². The second-order valence-corrected chi connectivity index (χ2v) is 6.58. The molecule has 0 aliphatic carbocycles. The summed E-state index contributed by atoms with van der Waals surface area (Å²) < 4.78 is 5.60. The van der Waals surface area contributed by atoms with Gasteiger partial charge < -0.3 is 15.1 Å². The number of nitrogens with one attached hydrogen (secondary N) is 2. The molecule has 3 aromatic rings. The van der Waals surface area contributed by atoms with Crippen molar-refractivity contribution in [3.05, 3.63) is 58.8 Å². The molecule has 26 heavy (non-hydrogen) atoms. The average molecular weight is 350 g/mol. The Labute approximate surface area is 152 Å². The monoisotopic (exact) mass is 350 g/mol. The zero-order valence-corrected chi connectivity index (χ0v) is 15.4. The number of benzene rings is 2. The van der Waals surface area contributed by atoms with Gasteiger partial charge in [-0.1, -0.05) is 6.07 Å². The van der Waals surface area contributed by atoms with Gasteiger partial charge in [0.2, 0.25) is 11.8 Å². The first-order valence-electron chi connectivity index (χ1n) is 8.49. The van der Waals surface area contributed by atoms with Crippen LogP contribution in [0.5, 0.6) is 0 Å². The Morgan fingerprint density at radius 3 is 2.35 bits per heavy atom. The zero-order chi connectivity index (χ0) is 18.8. The standard InChI is InChI=1S/C21H22N2O3/c1-12-8-17-16(11-26-20(17)9-13(12)2)10-21(25)23-19-7-5-6-18(14(19)3)22-15(4)24/h5-9,11H,10H2,1-4H3,(H,22,24)(H,23,25). The molecule has 0 fully saturated rings. The molecule has 0 saturated heterocycles. The van der Waals surface area contributed by atoms with Gasteiger partial charge in [-0.2, -0.15) is 0 Å². The fraction of sp³-hybridized carbons (Fsp3) is 0.238. The van der Waals surface area contributed by atoms with Gasteiger partial charge in [0, 0.05) is 29.2 Å². The van der Waals surface area contributed by atoms with Crippen LogP contribution in [0.3, 0.4) is 0 Å². The Balaban J connectivity index is 1.80. The summed E-state index contributed by atoms with van der Waals surface area (Å²) in [6.45, 7) is 7.40. The van der Waals surface area contributed by atoms with Crippen LogP contribution in [0.15, 0.2) is 41.0 Å². The summed E-state index contributed by atoms with van der Waals surface area (Å²) in [6.07, 6.45) is 1.86. The van der Waals surface area contributed by atoms with Gasteiger partial charge >= 0.3 is 0 Å². The SMILES string of the molecule is CC(=O)Nc1cccc(NC(=O)Cc2coc3cc(C)c(C)cc23)c1C. The largest absolute Gasteiger partial charge is 0.464 e. The second kappa shape index (κ2) is 7.04. The molecule has 0 saturated carbocycles. The molecule has 1 aromatic heterocycles. The Bertz CT molecular complexity index is 1000. The number of aryl methyl sites for hydroxylation is 2. The van der Waals surface area contributed by atoms with E-state index >= 15 is 0 Å². The molecule has 0 bridgehead atoms.